The van der Waals surface area contributed by atoms with Crippen LogP contribution < -0.4 is 10.2 Å². The molecule has 2 aromatic rings. The number of para-hydroxylation sites is 1. The average Bonchev–Trinajstić information content (AvgIpc) is 2.83. The van der Waals surface area contributed by atoms with Crippen molar-refractivity contribution in [2.75, 3.05) is 11.2 Å². The second-order valence-corrected chi connectivity index (χ2v) is 6.00. The maximum absolute atomic E-state index is 12.5. The molecular formula is C17H14N2OS2. The molecule has 1 saturated heterocycles. The molecule has 110 valence electrons. The quantitative estimate of drug-likeness (QED) is 0.530. The van der Waals surface area contributed by atoms with Crippen LogP contribution in [0.25, 0.3) is 6.08 Å². The molecule has 0 spiro atoms. The largest absolute Gasteiger partial charge is 0.327 e. The van der Waals surface area contributed by atoms with Gasteiger partial charge in [-0.25, -0.2) is 0 Å². The zero-order valence-corrected chi connectivity index (χ0v) is 13.6. The first-order chi connectivity index (χ1) is 10.7. The minimum Gasteiger partial charge on any atom is -0.327 e. The first-order valence-corrected chi connectivity index (χ1v) is 8.38. The lowest BCUT2D eigenvalue weighted by Crippen LogP contribution is -2.30. The Balaban J connectivity index is 1.88. The van der Waals surface area contributed by atoms with Crippen LogP contribution in [0.15, 0.2) is 65.2 Å². The summed E-state index contributed by atoms with van der Waals surface area (Å²) in [6, 6.07) is 17.4. The summed E-state index contributed by atoms with van der Waals surface area (Å²) in [5.74, 6) is -0.134. The smallest absolute Gasteiger partial charge is 0.281 e. The van der Waals surface area contributed by atoms with Gasteiger partial charge >= 0.3 is 0 Å². The molecule has 22 heavy (non-hydrogen) atoms. The Labute approximate surface area is 139 Å². The zero-order chi connectivity index (χ0) is 15.5. The molecule has 0 saturated carbocycles. The highest BCUT2D eigenvalue weighted by Crippen LogP contribution is 2.22. The molecule has 1 amide bonds. The number of amides is 1. The molecule has 1 N–H and O–H groups in total. The van der Waals surface area contributed by atoms with E-state index in [9.17, 15) is 4.79 Å². The fourth-order valence-electron chi connectivity index (χ4n) is 2.21. The fourth-order valence-corrected chi connectivity index (χ4v) is 2.92. The van der Waals surface area contributed by atoms with Crippen LogP contribution in [0.3, 0.4) is 0 Å². The first kappa shape index (κ1) is 14.8. The monoisotopic (exact) mass is 326 g/mol. The third kappa shape index (κ3) is 2.91. The van der Waals surface area contributed by atoms with Crippen LogP contribution in [0.2, 0.25) is 0 Å². The summed E-state index contributed by atoms with van der Waals surface area (Å²) in [5, 5.41) is 3.40. The fraction of sp³-hybridized carbons (Fsp3) is 0.0588. The highest BCUT2D eigenvalue weighted by atomic mass is 32.2. The second-order valence-electron chi connectivity index (χ2n) is 4.74. The number of rotatable bonds is 3. The average molecular weight is 326 g/mol. The number of hydrogen-bond acceptors (Lipinski definition) is 3. The van der Waals surface area contributed by atoms with E-state index < -0.39 is 0 Å². The van der Waals surface area contributed by atoms with Crippen LogP contribution in [0, 0.1) is 0 Å². The number of anilines is 1. The van der Waals surface area contributed by atoms with Crippen molar-refractivity contribution in [1.29, 1.82) is 0 Å². The second kappa shape index (κ2) is 6.34. The van der Waals surface area contributed by atoms with Crippen molar-refractivity contribution < 1.29 is 4.79 Å². The molecule has 1 heterocycles. The van der Waals surface area contributed by atoms with Gasteiger partial charge in [0.25, 0.3) is 5.91 Å². The molecule has 0 aromatic heterocycles. The Morgan fingerprint density at radius 1 is 1.09 bits per heavy atom. The lowest BCUT2D eigenvalue weighted by Gasteiger charge is -2.13. The van der Waals surface area contributed by atoms with Gasteiger partial charge in [0.15, 0.2) is 5.11 Å². The summed E-state index contributed by atoms with van der Waals surface area (Å²) in [5.41, 5.74) is 2.23. The van der Waals surface area contributed by atoms with Gasteiger partial charge in [-0.3, -0.25) is 9.69 Å². The lowest BCUT2D eigenvalue weighted by molar-refractivity contribution is -0.113. The summed E-state index contributed by atoms with van der Waals surface area (Å²) in [4.78, 5) is 15.2. The van der Waals surface area contributed by atoms with E-state index in [1.807, 2.05) is 66.9 Å². The van der Waals surface area contributed by atoms with Gasteiger partial charge in [0, 0.05) is 4.90 Å². The number of hydrogen-bond donors (Lipinski definition) is 1. The molecule has 3 nitrogen and oxygen atoms in total. The molecule has 0 atom stereocenters. The molecule has 0 unspecified atom stereocenters. The third-order valence-electron chi connectivity index (χ3n) is 3.32. The first-order valence-electron chi connectivity index (χ1n) is 6.75. The molecule has 1 fully saturated rings. The van der Waals surface area contributed by atoms with Gasteiger partial charge in [0.05, 0.1) is 5.69 Å². The highest BCUT2D eigenvalue weighted by molar-refractivity contribution is 7.98. The summed E-state index contributed by atoms with van der Waals surface area (Å²) in [7, 11) is 0. The van der Waals surface area contributed by atoms with E-state index in [4.69, 9.17) is 12.2 Å². The minimum atomic E-state index is -0.134. The molecule has 0 bridgehead atoms. The van der Waals surface area contributed by atoms with E-state index in [2.05, 4.69) is 5.32 Å². The Hall–Kier alpha value is -2.11. The summed E-state index contributed by atoms with van der Waals surface area (Å²) in [6.45, 7) is 0. The molecule has 2 aromatic carbocycles. The maximum atomic E-state index is 12.5. The molecule has 0 aliphatic carbocycles. The van der Waals surface area contributed by atoms with Crippen molar-refractivity contribution >= 4 is 46.8 Å². The summed E-state index contributed by atoms with van der Waals surface area (Å²) in [6.07, 6.45) is 3.85. The number of thioether (sulfide) groups is 1. The summed E-state index contributed by atoms with van der Waals surface area (Å²) < 4.78 is 0. The number of thiocarbonyl (C=S) groups is 1. The lowest BCUT2D eigenvalue weighted by atomic mass is 10.2. The van der Waals surface area contributed by atoms with Crippen molar-refractivity contribution in [1.82, 2.24) is 5.32 Å². The molecule has 3 rings (SSSR count). The Morgan fingerprint density at radius 2 is 1.77 bits per heavy atom. The van der Waals surface area contributed by atoms with Crippen LogP contribution in [0.5, 0.6) is 0 Å². The molecule has 1 aliphatic rings. The van der Waals surface area contributed by atoms with E-state index in [1.165, 1.54) is 9.80 Å². The number of benzene rings is 2. The number of carbonyl (C=O) groups is 1. The molecule has 5 heteroatoms. The SMILES string of the molecule is CSc1ccc(/C=C2\NC(=S)N(c3ccccc3)C2=O)cc1. The van der Waals surface area contributed by atoms with Gasteiger partial charge in [0.1, 0.15) is 5.70 Å². The van der Waals surface area contributed by atoms with E-state index in [-0.39, 0.29) is 5.91 Å². The van der Waals surface area contributed by atoms with E-state index in [0.717, 1.165) is 11.3 Å². The van der Waals surface area contributed by atoms with Crippen molar-refractivity contribution in [3.05, 3.63) is 65.9 Å². The topological polar surface area (TPSA) is 32.3 Å². The highest BCUT2D eigenvalue weighted by Gasteiger charge is 2.31. The number of carbonyl (C=O) groups excluding carboxylic acids is 1. The number of nitrogens with zero attached hydrogens (tertiary/aromatic N) is 1. The van der Waals surface area contributed by atoms with Gasteiger partial charge in [-0.15, -0.1) is 11.8 Å². The predicted molar refractivity (Wildman–Crippen MR) is 95.9 cm³/mol. The standard InChI is InChI=1S/C17H14N2OS2/c1-22-14-9-7-12(8-10-14)11-15-16(20)19(17(21)18-15)13-5-3-2-4-6-13/h2-11H,1H3,(H,18,21)/b15-11-. The van der Waals surface area contributed by atoms with Crippen LogP contribution in [0.1, 0.15) is 5.56 Å². The van der Waals surface area contributed by atoms with E-state index in [0.29, 0.717) is 10.8 Å². The summed E-state index contributed by atoms with van der Waals surface area (Å²) >= 11 is 6.97. The van der Waals surface area contributed by atoms with Crippen LogP contribution >= 0.6 is 24.0 Å². The van der Waals surface area contributed by atoms with Crippen molar-refractivity contribution in [3.8, 4) is 0 Å². The van der Waals surface area contributed by atoms with Gasteiger partial charge in [0.2, 0.25) is 0 Å². The van der Waals surface area contributed by atoms with Gasteiger partial charge in [-0.2, -0.15) is 0 Å². The number of nitrogens with one attached hydrogen (secondary N) is 1. The Bertz CT molecular complexity index is 739. The normalized spacial score (nSPS) is 16.2. The van der Waals surface area contributed by atoms with Gasteiger partial charge in [-0.05, 0) is 54.4 Å². The Kier molecular flexibility index (Phi) is 4.27. The third-order valence-corrected chi connectivity index (χ3v) is 4.35. The van der Waals surface area contributed by atoms with E-state index >= 15 is 0 Å². The van der Waals surface area contributed by atoms with Gasteiger partial charge in [-0.1, -0.05) is 30.3 Å². The Morgan fingerprint density at radius 3 is 2.41 bits per heavy atom. The van der Waals surface area contributed by atoms with Crippen LogP contribution in [0.4, 0.5) is 5.69 Å². The minimum absolute atomic E-state index is 0.134. The maximum Gasteiger partial charge on any atom is 0.281 e. The van der Waals surface area contributed by atoms with Crippen LogP contribution in [-0.2, 0) is 4.79 Å². The van der Waals surface area contributed by atoms with E-state index in [1.54, 1.807) is 11.8 Å². The van der Waals surface area contributed by atoms with Crippen LogP contribution in [-0.4, -0.2) is 17.3 Å². The molecular weight excluding hydrogens is 312 g/mol. The van der Waals surface area contributed by atoms with Crippen molar-refractivity contribution in [3.63, 3.8) is 0 Å². The van der Waals surface area contributed by atoms with Gasteiger partial charge < -0.3 is 5.32 Å². The predicted octanol–water partition coefficient (Wildman–Crippen LogP) is 3.67. The molecule has 0 radical (unpaired) electrons. The van der Waals surface area contributed by atoms with Crippen molar-refractivity contribution in [2.24, 2.45) is 0 Å². The van der Waals surface area contributed by atoms with Crippen molar-refractivity contribution in [2.45, 2.75) is 4.90 Å². The zero-order valence-electron chi connectivity index (χ0n) is 11.9. The molecule has 1 aliphatic heterocycles.